The van der Waals surface area contributed by atoms with E-state index in [1.165, 1.54) is 6.07 Å². The van der Waals surface area contributed by atoms with Crippen LogP contribution in [-0.2, 0) is 0 Å². The minimum absolute atomic E-state index is 0.369. The number of nitrogens with zero attached hydrogens (tertiary/aromatic N) is 3. The minimum atomic E-state index is 0.369. The first-order chi connectivity index (χ1) is 8.49. The number of hydrogen-bond acceptors (Lipinski definition) is 4. The zero-order valence-electron chi connectivity index (χ0n) is 9.54. The van der Waals surface area contributed by atoms with Gasteiger partial charge in [0.1, 0.15) is 11.4 Å². The van der Waals surface area contributed by atoms with Crippen LogP contribution >= 0.6 is 34.8 Å². The Labute approximate surface area is 119 Å². The summed E-state index contributed by atoms with van der Waals surface area (Å²) in [5, 5.41) is 13.0. The Morgan fingerprint density at radius 2 is 1.67 bits per heavy atom. The molecule has 0 N–H and O–H groups in total. The lowest BCUT2D eigenvalue weighted by Crippen LogP contribution is -1.73. The lowest BCUT2D eigenvalue weighted by molar-refractivity contribution is 0.393. The second-order valence-electron chi connectivity index (χ2n) is 3.59. The van der Waals surface area contributed by atoms with Gasteiger partial charge in [-0.25, -0.2) is 0 Å². The predicted molar refractivity (Wildman–Crippen MR) is 71.6 cm³/mol. The van der Waals surface area contributed by atoms with Crippen molar-refractivity contribution in [2.75, 3.05) is 0 Å². The number of aryl methyl sites for hydroxylation is 2. The molecule has 0 radical (unpaired) electrons. The van der Waals surface area contributed by atoms with Crippen molar-refractivity contribution in [1.29, 1.82) is 0 Å². The molecular weight excluding hydrogens is 296 g/mol. The SMILES string of the molecule is Cc1noc(C)c1N=Nc1cc(Cl)c(Cl)cc1Cl. The van der Waals surface area contributed by atoms with Crippen molar-refractivity contribution >= 4 is 46.2 Å². The van der Waals surface area contributed by atoms with Crippen molar-refractivity contribution in [2.24, 2.45) is 10.2 Å². The summed E-state index contributed by atoms with van der Waals surface area (Å²) in [6.45, 7) is 3.53. The molecular formula is C11H8Cl3N3O. The fourth-order valence-electron chi connectivity index (χ4n) is 1.31. The smallest absolute Gasteiger partial charge is 0.161 e. The molecule has 1 aromatic carbocycles. The molecule has 1 heterocycles. The Balaban J connectivity index is 2.38. The second kappa shape index (κ2) is 5.26. The number of rotatable bonds is 2. The van der Waals surface area contributed by atoms with Gasteiger partial charge in [0.05, 0.1) is 15.1 Å². The predicted octanol–water partition coefficient (Wildman–Crippen LogP) is 5.67. The fraction of sp³-hybridized carbons (Fsp3) is 0.182. The summed E-state index contributed by atoms with van der Waals surface area (Å²) < 4.78 is 4.97. The Bertz CT molecular complexity index is 603. The molecule has 0 aliphatic heterocycles. The molecule has 0 aliphatic carbocycles. The number of benzene rings is 1. The van der Waals surface area contributed by atoms with Gasteiger partial charge in [0.15, 0.2) is 11.4 Å². The molecule has 1 aromatic heterocycles. The van der Waals surface area contributed by atoms with E-state index < -0.39 is 0 Å². The van der Waals surface area contributed by atoms with Gasteiger partial charge < -0.3 is 4.52 Å². The number of hydrogen-bond donors (Lipinski definition) is 0. The summed E-state index contributed by atoms with van der Waals surface area (Å²) in [5.74, 6) is 0.590. The van der Waals surface area contributed by atoms with Crippen LogP contribution in [0.15, 0.2) is 26.9 Å². The standard InChI is InChI=1S/C11H8Cl3N3O/c1-5-11(6(2)18-17-5)16-15-10-4-8(13)7(12)3-9(10)14/h3-4H,1-2H3. The highest BCUT2D eigenvalue weighted by Gasteiger charge is 2.09. The van der Waals surface area contributed by atoms with Crippen LogP contribution in [0.2, 0.25) is 15.1 Å². The van der Waals surface area contributed by atoms with Crippen molar-refractivity contribution < 1.29 is 4.52 Å². The Morgan fingerprint density at radius 3 is 2.28 bits per heavy atom. The molecule has 0 saturated heterocycles. The van der Waals surface area contributed by atoms with E-state index in [1.54, 1.807) is 19.9 Å². The Kier molecular flexibility index (Phi) is 3.90. The maximum atomic E-state index is 5.99. The summed E-state index contributed by atoms with van der Waals surface area (Å²) >= 11 is 17.7. The molecule has 0 atom stereocenters. The van der Waals surface area contributed by atoms with Crippen molar-refractivity contribution in [3.05, 3.63) is 38.7 Å². The molecule has 0 unspecified atom stereocenters. The quantitative estimate of drug-likeness (QED) is 0.530. The largest absolute Gasteiger partial charge is 0.359 e. The normalized spacial score (nSPS) is 11.4. The van der Waals surface area contributed by atoms with Gasteiger partial charge in [0.25, 0.3) is 0 Å². The zero-order valence-corrected chi connectivity index (χ0v) is 11.8. The third-order valence-corrected chi connectivity index (χ3v) is 3.27. The van der Waals surface area contributed by atoms with E-state index >= 15 is 0 Å². The highest BCUT2D eigenvalue weighted by molar-refractivity contribution is 6.43. The van der Waals surface area contributed by atoms with Crippen LogP contribution in [0.4, 0.5) is 11.4 Å². The number of halogens is 3. The number of aromatic nitrogens is 1. The van der Waals surface area contributed by atoms with Crippen molar-refractivity contribution in [2.45, 2.75) is 13.8 Å². The molecule has 0 bridgehead atoms. The molecule has 94 valence electrons. The Morgan fingerprint density at radius 1 is 1.00 bits per heavy atom. The molecule has 0 spiro atoms. The monoisotopic (exact) mass is 303 g/mol. The molecule has 0 amide bonds. The lowest BCUT2D eigenvalue weighted by atomic mass is 10.3. The van der Waals surface area contributed by atoms with Crippen LogP contribution in [0.5, 0.6) is 0 Å². The zero-order chi connectivity index (χ0) is 13.3. The first-order valence-electron chi connectivity index (χ1n) is 4.98. The minimum Gasteiger partial charge on any atom is -0.359 e. The van der Waals surface area contributed by atoms with Crippen LogP contribution in [0.3, 0.4) is 0 Å². The molecule has 0 aliphatic rings. The third-order valence-electron chi connectivity index (χ3n) is 2.24. The average Bonchev–Trinajstić information content (AvgIpc) is 2.62. The van der Waals surface area contributed by atoms with E-state index in [9.17, 15) is 0 Å². The summed E-state index contributed by atoms with van der Waals surface area (Å²) in [7, 11) is 0. The van der Waals surface area contributed by atoms with Gasteiger partial charge in [-0.2, -0.15) is 0 Å². The van der Waals surface area contributed by atoms with Gasteiger partial charge in [-0.05, 0) is 26.0 Å². The van der Waals surface area contributed by atoms with Gasteiger partial charge >= 0.3 is 0 Å². The molecule has 7 heteroatoms. The van der Waals surface area contributed by atoms with Crippen LogP contribution in [0.25, 0.3) is 0 Å². The van der Waals surface area contributed by atoms with Crippen molar-refractivity contribution in [3.63, 3.8) is 0 Å². The van der Waals surface area contributed by atoms with Gasteiger partial charge in [-0.3, -0.25) is 0 Å². The second-order valence-corrected chi connectivity index (χ2v) is 4.81. The molecule has 18 heavy (non-hydrogen) atoms. The summed E-state index contributed by atoms with van der Waals surface area (Å²) in [6, 6.07) is 3.07. The van der Waals surface area contributed by atoms with Gasteiger partial charge in [-0.15, -0.1) is 10.2 Å². The van der Waals surface area contributed by atoms with Gasteiger partial charge in [-0.1, -0.05) is 40.0 Å². The molecule has 2 aromatic rings. The Hall–Kier alpha value is -1.10. The van der Waals surface area contributed by atoms with Crippen LogP contribution in [0, 0.1) is 13.8 Å². The van der Waals surface area contributed by atoms with E-state index in [2.05, 4.69) is 15.4 Å². The van der Waals surface area contributed by atoms with Crippen molar-refractivity contribution in [3.8, 4) is 0 Å². The summed E-state index contributed by atoms with van der Waals surface area (Å²) in [4.78, 5) is 0. The van der Waals surface area contributed by atoms with Crippen LogP contribution < -0.4 is 0 Å². The third kappa shape index (κ3) is 2.66. The molecule has 2 rings (SSSR count). The van der Waals surface area contributed by atoms with E-state index in [0.29, 0.717) is 37.9 Å². The maximum Gasteiger partial charge on any atom is 0.161 e. The first-order valence-corrected chi connectivity index (χ1v) is 6.11. The summed E-state index contributed by atoms with van der Waals surface area (Å²) in [5.41, 5.74) is 1.68. The first kappa shape index (κ1) is 13.3. The van der Waals surface area contributed by atoms with Crippen molar-refractivity contribution in [1.82, 2.24) is 5.16 Å². The van der Waals surface area contributed by atoms with E-state index in [-0.39, 0.29) is 0 Å². The molecule has 0 saturated carbocycles. The van der Waals surface area contributed by atoms with Crippen LogP contribution in [-0.4, -0.2) is 5.16 Å². The molecule has 4 nitrogen and oxygen atoms in total. The lowest BCUT2D eigenvalue weighted by Gasteiger charge is -2.00. The highest BCUT2D eigenvalue weighted by Crippen LogP contribution is 2.35. The topological polar surface area (TPSA) is 50.8 Å². The van der Waals surface area contributed by atoms with E-state index in [0.717, 1.165) is 0 Å². The maximum absolute atomic E-state index is 5.99. The van der Waals surface area contributed by atoms with E-state index in [4.69, 9.17) is 39.3 Å². The molecule has 0 fully saturated rings. The highest BCUT2D eigenvalue weighted by atomic mass is 35.5. The number of azo groups is 1. The van der Waals surface area contributed by atoms with Gasteiger partial charge in [0.2, 0.25) is 0 Å². The fourth-order valence-corrected chi connectivity index (χ4v) is 1.89. The van der Waals surface area contributed by atoms with Crippen LogP contribution in [0.1, 0.15) is 11.5 Å². The average molecular weight is 305 g/mol. The van der Waals surface area contributed by atoms with Gasteiger partial charge in [0, 0.05) is 0 Å². The van der Waals surface area contributed by atoms with E-state index in [1.807, 2.05) is 0 Å². The summed E-state index contributed by atoms with van der Waals surface area (Å²) in [6.07, 6.45) is 0.